The highest BCUT2D eigenvalue weighted by molar-refractivity contribution is 5.93. The number of H-pyrrole nitrogens is 1. The van der Waals surface area contributed by atoms with Crippen LogP contribution in [0.25, 0.3) is 6.08 Å². The first-order valence-electron chi connectivity index (χ1n) is 8.48. The van der Waals surface area contributed by atoms with Crippen molar-refractivity contribution in [3.8, 4) is 0 Å². The quantitative estimate of drug-likeness (QED) is 0.865. The SMILES string of the molecule is C=C/C=C(\C=C)C1=Cc2cc(C(=O)N3CCN(C)CC3)[nH]c2CC1. The number of fused-ring (bicyclic) bond motifs is 1. The van der Waals surface area contributed by atoms with Crippen molar-refractivity contribution >= 4 is 12.0 Å². The van der Waals surface area contributed by atoms with Crippen molar-refractivity contribution in [2.24, 2.45) is 0 Å². The van der Waals surface area contributed by atoms with Gasteiger partial charge in [-0.05, 0) is 48.7 Å². The second-order valence-corrected chi connectivity index (χ2v) is 6.44. The maximum atomic E-state index is 12.7. The van der Waals surface area contributed by atoms with Gasteiger partial charge in [0.1, 0.15) is 5.69 Å². The third-order valence-electron chi connectivity index (χ3n) is 4.82. The van der Waals surface area contributed by atoms with Gasteiger partial charge < -0.3 is 14.8 Å². The molecule has 0 bridgehead atoms. The number of carbonyl (C=O) groups is 1. The Labute approximate surface area is 143 Å². The molecule has 1 aliphatic heterocycles. The molecule has 24 heavy (non-hydrogen) atoms. The van der Waals surface area contributed by atoms with E-state index in [9.17, 15) is 4.79 Å². The molecule has 1 saturated heterocycles. The molecule has 0 unspecified atom stereocenters. The van der Waals surface area contributed by atoms with Crippen LogP contribution < -0.4 is 0 Å². The Morgan fingerprint density at radius 3 is 2.62 bits per heavy atom. The summed E-state index contributed by atoms with van der Waals surface area (Å²) in [4.78, 5) is 20.2. The number of carbonyl (C=O) groups excluding carboxylic acids is 1. The van der Waals surface area contributed by atoms with Crippen molar-refractivity contribution in [2.45, 2.75) is 12.8 Å². The smallest absolute Gasteiger partial charge is 0.270 e. The zero-order valence-electron chi connectivity index (χ0n) is 14.3. The van der Waals surface area contributed by atoms with Crippen LogP contribution in [0.4, 0.5) is 0 Å². The molecule has 0 radical (unpaired) electrons. The van der Waals surface area contributed by atoms with Gasteiger partial charge in [0.15, 0.2) is 0 Å². The molecule has 1 fully saturated rings. The minimum atomic E-state index is 0.109. The number of nitrogens with zero attached hydrogens (tertiary/aromatic N) is 2. The van der Waals surface area contributed by atoms with Crippen LogP contribution in [0.3, 0.4) is 0 Å². The lowest BCUT2D eigenvalue weighted by atomic mass is 9.92. The van der Waals surface area contributed by atoms with E-state index in [2.05, 4.69) is 36.2 Å². The van der Waals surface area contributed by atoms with Gasteiger partial charge >= 0.3 is 0 Å². The maximum absolute atomic E-state index is 12.7. The van der Waals surface area contributed by atoms with Crippen LogP contribution in [0.15, 0.2) is 48.6 Å². The van der Waals surface area contributed by atoms with Crippen molar-refractivity contribution in [3.05, 3.63) is 65.5 Å². The second kappa shape index (κ2) is 7.05. The molecule has 0 spiro atoms. The third kappa shape index (κ3) is 3.29. The van der Waals surface area contributed by atoms with E-state index in [1.807, 2.05) is 23.1 Å². The van der Waals surface area contributed by atoms with E-state index in [1.165, 1.54) is 5.57 Å². The van der Waals surface area contributed by atoms with E-state index in [0.29, 0.717) is 5.69 Å². The summed E-state index contributed by atoms with van der Waals surface area (Å²) in [7, 11) is 2.09. The first-order chi connectivity index (χ1) is 11.6. The molecule has 1 aliphatic carbocycles. The van der Waals surface area contributed by atoms with Gasteiger partial charge in [-0.15, -0.1) is 0 Å². The zero-order valence-corrected chi connectivity index (χ0v) is 14.3. The van der Waals surface area contributed by atoms with Gasteiger partial charge in [-0.25, -0.2) is 0 Å². The highest BCUT2D eigenvalue weighted by atomic mass is 16.2. The van der Waals surface area contributed by atoms with E-state index >= 15 is 0 Å². The summed E-state index contributed by atoms with van der Waals surface area (Å²) in [5.41, 5.74) is 5.32. The van der Waals surface area contributed by atoms with Gasteiger partial charge in [0.2, 0.25) is 0 Å². The predicted octanol–water partition coefficient (Wildman–Crippen LogP) is 3.03. The summed E-state index contributed by atoms with van der Waals surface area (Å²) < 4.78 is 0. The maximum Gasteiger partial charge on any atom is 0.270 e. The summed E-state index contributed by atoms with van der Waals surface area (Å²) in [6.07, 6.45) is 9.65. The van der Waals surface area contributed by atoms with Gasteiger partial charge in [-0.3, -0.25) is 4.79 Å². The van der Waals surface area contributed by atoms with Crippen molar-refractivity contribution < 1.29 is 4.79 Å². The first-order valence-corrected chi connectivity index (χ1v) is 8.48. The average molecular weight is 323 g/mol. The molecule has 0 atom stereocenters. The minimum absolute atomic E-state index is 0.109. The molecule has 2 heterocycles. The molecule has 2 aliphatic rings. The molecule has 1 N–H and O–H groups in total. The Kier molecular flexibility index (Phi) is 4.86. The largest absolute Gasteiger partial charge is 0.354 e. The zero-order chi connectivity index (χ0) is 17.1. The number of allylic oxidation sites excluding steroid dienone is 5. The molecule has 1 amide bonds. The van der Waals surface area contributed by atoms with Crippen molar-refractivity contribution in [1.29, 1.82) is 0 Å². The number of piperazine rings is 1. The van der Waals surface area contributed by atoms with Crippen LogP contribution in [0.1, 0.15) is 28.2 Å². The molecule has 126 valence electrons. The fraction of sp³-hybridized carbons (Fsp3) is 0.350. The first kappa shape index (κ1) is 16.5. The predicted molar refractivity (Wildman–Crippen MR) is 99.0 cm³/mol. The molecule has 0 aromatic carbocycles. The van der Waals surface area contributed by atoms with Crippen LogP contribution in [0.2, 0.25) is 0 Å². The van der Waals surface area contributed by atoms with E-state index < -0.39 is 0 Å². The number of rotatable bonds is 4. The van der Waals surface area contributed by atoms with Crippen molar-refractivity contribution in [3.63, 3.8) is 0 Å². The molecule has 1 aromatic rings. The van der Waals surface area contributed by atoms with Gasteiger partial charge in [0, 0.05) is 31.9 Å². The normalized spacial score (nSPS) is 18.8. The summed E-state index contributed by atoms with van der Waals surface area (Å²) in [5, 5.41) is 0. The van der Waals surface area contributed by atoms with E-state index in [-0.39, 0.29) is 5.91 Å². The molecule has 4 nitrogen and oxygen atoms in total. The number of likely N-dealkylation sites (N-methyl/N-ethyl adjacent to an activating group) is 1. The second-order valence-electron chi connectivity index (χ2n) is 6.44. The highest BCUT2D eigenvalue weighted by Gasteiger charge is 2.23. The number of hydrogen-bond acceptors (Lipinski definition) is 2. The van der Waals surface area contributed by atoms with E-state index in [4.69, 9.17) is 0 Å². The van der Waals surface area contributed by atoms with Crippen LogP contribution in [-0.4, -0.2) is 53.9 Å². The van der Waals surface area contributed by atoms with Gasteiger partial charge in [-0.1, -0.05) is 31.4 Å². The monoisotopic (exact) mass is 323 g/mol. The Balaban J connectivity index is 1.81. The summed E-state index contributed by atoms with van der Waals surface area (Å²) in [5.74, 6) is 0.109. The van der Waals surface area contributed by atoms with Gasteiger partial charge in [0.05, 0.1) is 0 Å². The fourth-order valence-electron chi connectivity index (χ4n) is 3.32. The van der Waals surface area contributed by atoms with Crippen molar-refractivity contribution in [2.75, 3.05) is 33.2 Å². The lowest BCUT2D eigenvalue weighted by Crippen LogP contribution is -2.47. The molecule has 0 saturated carbocycles. The van der Waals surface area contributed by atoms with E-state index in [1.54, 1.807) is 6.08 Å². The third-order valence-corrected chi connectivity index (χ3v) is 4.82. The summed E-state index contributed by atoms with van der Waals surface area (Å²) in [6, 6.07) is 1.99. The Bertz CT molecular complexity index is 715. The Morgan fingerprint density at radius 1 is 1.21 bits per heavy atom. The van der Waals surface area contributed by atoms with Crippen molar-refractivity contribution in [1.82, 2.24) is 14.8 Å². The topological polar surface area (TPSA) is 39.3 Å². The van der Waals surface area contributed by atoms with Crippen LogP contribution in [0.5, 0.6) is 0 Å². The lowest BCUT2D eigenvalue weighted by molar-refractivity contribution is 0.0659. The standard InChI is InChI=1S/C20H25N3O/c1-4-6-15(5-2)16-7-8-18-17(13-16)14-19(21-18)20(24)23-11-9-22(3)10-12-23/h4-6,13-14,21H,1-2,7-12H2,3H3/b15-6+. The number of hydrogen-bond donors (Lipinski definition) is 1. The fourth-order valence-corrected chi connectivity index (χ4v) is 3.32. The number of nitrogens with one attached hydrogen (secondary N) is 1. The summed E-state index contributed by atoms with van der Waals surface area (Å²) in [6.45, 7) is 11.1. The molecular weight excluding hydrogens is 298 g/mol. The Hall–Kier alpha value is -2.33. The number of aromatic nitrogens is 1. The van der Waals surface area contributed by atoms with Gasteiger partial charge in [0.25, 0.3) is 5.91 Å². The van der Waals surface area contributed by atoms with Crippen LogP contribution in [-0.2, 0) is 6.42 Å². The number of amides is 1. The van der Waals surface area contributed by atoms with Gasteiger partial charge in [-0.2, -0.15) is 0 Å². The molecular formula is C20H25N3O. The lowest BCUT2D eigenvalue weighted by Gasteiger charge is -2.32. The molecule has 4 heteroatoms. The number of aryl methyl sites for hydroxylation is 1. The molecule has 1 aromatic heterocycles. The Morgan fingerprint density at radius 2 is 1.96 bits per heavy atom. The highest BCUT2D eigenvalue weighted by Crippen LogP contribution is 2.29. The van der Waals surface area contributed by atoms with Crippen LogP contribution >= 0.6 is 0 Å². The van der Waals surface area contributed by atoms with Crippen LogP contribution in [0, 0.1) is 0 Å². The molecule has 3 rings (SSSR count). The van der Waals surface area contributed by atoms with E-state index in [0.717, 1.165) is 55.9 Å². The summed E-state index contributed by atoms with van der Waals surface area (Å²) >= 11 is 0. The minimum Gasteiger partial charge on any atom is -0.354 e. The average Bonchev–Trinajstić information content (AvgIpc) is 3.03. The number of aromatic amines is 1.